The van der Waals surface area contributed by atoms with Crippen molar-refractivity contribution in [1.29, 1.82) is 0 Å². The van der Waals surface area contributed by atoms with Gasteiger partial charge in [0.2, 0.25) is 0 Å². The molecule has 0 aromatic carbocycles. The number of carboxylic acids is 1. The molecule has 0 aliphatic carbocycles. The van der Waals surface area contributed by atoms with Crippen LogP contribution in [-0.4, -0.2) is 46.6 Å². The normalized spacial score (nSPS) is 17.4. The molecule has 14 heavy (non-hydrogen) atoms. The van der Waals surface area contributed by atoms with Gasteiger partial charge >= 0.3 is 5.97 Å². The average Bonchev–Trinajstić information content (AvgIpc) is 2.16. The fourth-order valence-corrected chi connectivity index (χ4v) is 1.10. The Hall–Kier alpha value is -0.650. The Morgan fingerprint density at radius 1 is 1.50 bits per heavy atom. The molecule has 0 aliphatic rings. The third kappa shape index (κ3) is 4.55. The van der Waals surface area contributed by atoms with Gasteiger partial charge < -0.3 is 20.6 Å². The lowest BCUT2D eigenvalue weighted by Gasteiger charge is -2.21. The van der Waals surface area contributed by atoms with Crippen molar-refractivity contribution >= 4 is 5.97 Å². The number of carbonyl (C=O) groups is 1. The van der Waals surface area contributed by atoms with Gasteiger partial charge in [-0.15, -0.1) is 0 Å². The number of carboxylic acid groups (broad SMARTS) is 1. The minimum Gasteiger partial charge on any atom is -0.480 e. The summed E-state index contributed by atoms with van der Waals surface area (Å²) in [5.41, 5.74) is 0. The number of aliphatic hydroxyl groups excluding tert-OH is 2. The van der Waals surface area contributed by atoms with Gasteiger partial charge in [0.25, 0.3) is 0 Å². The third-order valence-corrected chi connectivity index (χ3v) is 2.26. The summed E-state index contributed by atoms with van der Waals surface area (Å²) in [5, 5.41) is 29.1. The first-order valence-corrected chi connectivity index (χ1v) is 4.78. The van der Waals surface area contributed by atoms with Crippen LogP contribution < -0.4 is 5.32 Å². The van der Waals surface area contributed by atoms with Crippen LogP contribution >= 0.6 is 0 Å². The van der Waals surface area contributed by atoms with Crippen LogP contribution in [-0.2, 0) is 4.79 Å². The molecule has 0 bridgehead atoms. The molecule has 0 aromatic rings. The van der Waals surface area contributed by atoms with Crippen LogP contribution in [0.1, 0.15) is 20.3 Å². The van der Waals surface area contributed by atoms with Crippen LogP contribution in [0.3, 0.4) is 0 Å². The van der Waals surface area contributed by atoms with Gasteiger partial charge in [-0.05, 0) is 5.92 Å². The van der Waals surface area contributed by atoms with Gasteiger partial charge in [-0.25, -0.2) is 0 Å². The zero-order chi connectivity index (χ0) is 11.1. The van der Waals surface area contributed by atoms with Crippen LogP contribution in [0.25, 0.3) is 0 Å². The molecule has 84 valence electrons. The number of rotatable bonds is 7. The summed E-state index contributed by atoms with van der Waals surface area (Å²) in [6.07, 6.45) is -0.153. The molecule has 0 saturated heterocycles. The molecular weight excluding hydrogens is 186 g/mol. The van der Waals surface area contributed by atoms with Gasteiger partial charge in [-0.3, -0.25) is 4.79 Å². The number of nitrogens with one attached hydrogen (secondary N) is 1. The molecule has 0 fully saturated rings. The Bertz CT molecular complexity index is 174. The summed E-state index contributed by atoms with van der Waals surface area (Å²) in [4.78, 5) is 10.8. The Kier molecular flexibility index (Phi) is 6.44. The Balaban J connectivity index is 4.04. The maximum Gasteiger partial charge on any atom is 0.320 e. The van der Waals surface area contributed by atoms with E-state index < -0.39 is 18.1 Å². The first kappa shape index (κ1) is 13.4. The fourth-order valence-electron chi connectivity index (χ4n) is 1.10. The monoisotopic (exact) mass is 205 g/mol. The average molecular weight is 205 g/mol. The second-order valence-corrected chi connectivity index (χ2v) is 3.45. The maximum absolute atomic E-state index is 10.8. The molecule has 3 unspecified atom stereocenters. The Morgan fingerprint density at radius 2 is 2.07 bits per heavy atom. The molecule has 5 heteroatoms. The standard InChI is InChI=1S/C9H19NO4/c1-3-6(2)8(9(13)14)10-4-7(12)5-11/h6-8,10-12H,3-5H2,1-2H3,(H,13,14). The van der Waals surface area contributed by atoms with Crippen molar-refractivity contribution in [3.05, 3.63) is 0 Å². The predicted octanol–water partition coefficient (Wildman–Crippen LogP) is -0.571. The van der Waals surface area contributed by atoms with E-state index in [0.29, 0.717) is 0 Å². The van der Waals surface area contributed by atoms with Gasteiger partial charge in [0.05, 0.1) is 12.7 Å². The number of hydrogen-bond donors (Lipinski definition) is 4. The molecule has 4 N–H and O–H groups in total. The third-order valence-electron chi connectivity index (χ3n) is 2.26. The van der Waals surface area contributed by atoms with Gasteiger partial charge in [0, 0.05) is 6.54 Å². The molecule has 0 spiro atoms. The maximum atomic E-state index is 10.8. The van der Waals surface area contributed by atoms with E-state index in [1.54, 1.807) is 0 Å². The van der Waals surface area contributed by atoms with E-state index in [4.69, 9.17) is 15.3 Å². The summed E-state index contributed by atoms with van der Waals surface area (Å²) < 4.78 is 0. The highest BCUT2D eigenvalue weighted by atomic mass is 16.4. The van der Waals surface area contributed by atoms with E-state index in [-0.39, 0.29) is 19.1 Å². The summed E-state index contributed by atoms with van der Waals surface area (Å²) in [5.74, 6) is -0.928. The largest absolute Gasteiger partial charge is 0.480 e. The summed E-state index contributed by atoms with van der Waals surface area (Å²) in [6.45, 7) is 3.47. The molecule has 0 aromatic heterocycles. The van der Waals surface area contributed by atoms with E-state index in [9.17, 15) is 4.79 Å². The Morgan fingerprint density at radius 3 is 2.43 bits per heavy atom. The first-order chi connectivity index (χ1) is 6.52. The van der Waals surface area contributed by atoms with E-state index in [0.717, 1.165) is 6.42 Å². The summed E-state index contributed by atoms with van der Waals surface area (Å²) >= 11 is 0. The van der Waals surface area contributed by atoms with E-state index in [1.807, 2.05) is 13.8 Å². The lowest BCUT2D eigenvalue weighted by Crippen LogP contribution is -2.45. The van der Waals surface area contributed by atoms with Crippen molar-refractivity contribution in [2.75, 3.05) is 13.2 Å². The summed E-state index contributed by atoms with van der Waals surface area (Å²) in [6, 6.07) is -0.666. The van der Waals surface area contributed by atoms with Crippen LogP contribution in [0.4, 0.5) is 0 Å². The van der Waals surface area contributed by atoms with E-state index in [2.05, 4.69) is 5.32 Å². The van der Waals surface area contributed by atoms with Crippen molar-refractivity contribution in [1.82, 2.24) is 5.32 Å². The predicted molar refractivity (Wildman–Crippen MR) is 52.0 cm³/mol. The molecule has 0 rings (SSSR count). The van der Waals surface area contributed by atoms with Crippen LogP contribution in [0.5, 0.6) is 0 Å². The zero-order valence-electron chi connectivity index (χ0n) is 8.60. The van der Waals surface area contributed by atoms with Crippen molar-refractivity contribution in [3.8, 4) is 0 Å². The van der Waals surface area contributed by atoms with Crippen molar-refractivity contribution in [2.45, 2.75) is 32.4 Å². The second kappa shape index (κ2) is 6.75. The molecule has 0 saturated carbocycles. The number of aliphatic carboxylic acids is 1. The van der Waals surface area contributed by atoms with Crippen molar-refractivity contribution in [2.24, 2.45) is 5.92 Å². The topological polar surface area (TPSA) is 89.8 Å². The minimum atomic E-state index is -0.926. The molecule has 0 heterocycles. The molecule has 0 radical (unpaired) electrons. The molecular formula is C9H19NO4. The van der Waals surface area contributed by atoms with Gasteiger partial charge in [0.1, 0.15) is 6.04 Å². The van der Waals surface area contributed by atoms with Crippen LogP contribution in [0.2, 0.25) is 0 Å². The SMILES string of the molecule is CCC(C)C(NCC(O)CO)C(=O)O. The Labute approximate surface area is 83.8 Å². The van der Waals surface area contributed by atoms with Crippen LogP contribution in [0.15, 0.2) is 0 Å². The molecule has 3 atom stereocenters. The van der Waals surface area contributed by atoms with Crippen molar-refractivity contribution < 1.29 is 20.1 Å². The van der Waals surface area contributed by atoms with Gasteiger partial charge in [0.15, 0.2) is 0 Å². The number of hydrogen-bond acceptors (Lipinski definition) is 4. The van der Waals surface area contributed by atoms with Gasteiger partial charge in [-0.1, -0.05) is 20.3 Å². The quantitative estimate of drug-likeness (QED) is 0.447. The molecule has 5 nitrogen and oxygen atoms in total. The smallest absolute Gasteiger partial charge is 0.320 e. The lowest BCUT2D eigenvalue weighted by molar-refractivity contribution is -0.141. The van der Waals surface area contributed by atoms with E-state index >= 15 is 0 Å². The van der Waals surface area contributed by atoms with Crippen LogP contribution in [0, 0.1) is 5.92 Å². The van der Waals surface area contributed by atoms with Crippen molar-refractivity contribution in [3.63, 3.8) is 0 Å². The first-order valence-electron chi connectivity index (χ1n) is 4.78. The highest BCUT2D eigenvalue weighted by molar-refractivity contribution is 5.73. The second-order valence-electron chi connectivity index (χ2n) is 3.45. The van der Waals surface area contributed by atoms with E-state index in [1.165, 1.54) is 0 Å². The number of aliphatic hydroxyl groups is 2. The lowest BCUT2D eigenvalue weighted by atomic mass is 9.99. The zero-order valence-corrected chi connectivity index (χ0v) is 8.60. The molecule has 0 aliphatic heterocycles. The summed E-state index contributed by atoms with van der Waals surface area (Å²) in [7, 11) is 0. The molecule has 0 amide bonds. The van der Waals surface area contributed by atoms with Gasteiger partial charge in [-0.2, -0.15) is 0 Å². The minimum absolute atomic E-state index is 0.00149. The fraction of sp³-hybridized carbons (Fsp3) is 0.889. The highest BCUT2D eigenvalue weighted by Crippen LogP contribution is 2.07. The highest BCUT2D eigenvalue weighted by Gasteiger charge is 2.23.